The molecule has 0 aliphatic carbocycles. The number of esters is 1. The molecule has 0 heterocycles. The molecule has 12 heteroatoms. The fourth-order valence-corrected chi connectivity index (χ4v) is 9.55. The summed E-state index contributed by atoms with van der Waals surface area (Å²) in [6, 6.07) is 0. The van der Waals surface area contributed by atoms with Gasteiger partial charge in [-0.1, -0.05) is 13.3 Å². The van der Waals surface area contributed by atoms with Crippen LogP contribution in [0.4, 0.5) is 13.2 Å². The van der Waals surface area contributed by atoms with Crippen LogP contribution in [0.2, 0.25) is 39.3 Å². The lowest BCUT2D eigenvalue weighted by Crippen LogP contribution is -2.47. The lowest BCUT2D eigenvalue weighted by Gasteiger charge is -2.31. The number of carbonyl (C=O) groups is 2. The topological polar surface area (TPSA) is 82.1 Å². The van der Waals surface area contributed by atoms with E-state index in [1.807, 2.05) is 46.2 Å². The second kappa shape index (κ2) is 10.7. The molecule has 0 saturated carbocycles. The van der Waals surface area contributed by atoms with E-state index < -0.39 is 50.6 Å². The van der Waals surface area contributed by atoms with Crippen molar-refractivity contribution in [3.05, 3.63) is 10.8 Å². The van der Waals surface area contributed by atoms with Crippen molar-refractivity contribution in [1.82, 2.24) is 0 Å². The molecule has 0 unspecified atom stereocenters. The maximum Gasteiger partial charge on any atom is 0.422 e. The molecule has 0 amide bonds. The Morgan fingerprint density at radius 3 is 1.79 bits per heavy atom. The highest BCUT2D eigenvalue weighted by molar-refractivity contribution is 6.84. The first kappa shape index (κ1) is 27.0. The predicted molar refractivity (Wildman–Crippen MR) is 107 cm³/mol. The van der Waals surface area contributed by atoms with Crippen molar-refractivity contribution < 1.29 is 40.8 Å². The fraction of sp³-hybridized carbons (Fsp3) is 0.750. The van der Waals surface area contributed by atoms with Crippen molar-refractivity contribution in [2.75, 3.05) is 6.61 Å². The van der Waals surface area contributed by atoms with Crippen LogP contribution in [0.15, 0.2) is 10.8 Å². The summed E-state index contributed by atoms with van der Waals surface area (Å²) in [7, 11) is -7.58. The Kier molecular flexibility index (Phi) is 10.3. The van der Waals surface area contributed by atoms with Gasteiger partial charge in [-0.05, 0) is 52.1 Å². The summed E-state index contributed by atoms with van der Waals surface area (Å²) < 4.78 is 53.8. The molecule has 0 aliphatic heterocycles. The fourth-order valence-electron chi connectivity index (χ4n) is 2.09. The molecule has 28 heavy (non-hydrogen) atoms. The molecule has 6 nitrogen and oxygen atoms in total. The second-order valence-electron chi connectivity index (χ2n) is 8.28. The molecule has 0 fully saturated rings. The molecule has 0 saturated heterocycles. The maximum atomic E-state index is 12.5. The number of carbonyl (C=O) groups excluding carboxylic acids is 1. The van der Waals surface area contributed by atoms with E-state index >= 15 is 0 Å². The molecular weight excluding hydrogens is 429 g/mol. The standard InChI is InChI=1S/C16H31F3O6Si3/c1-8-9-10-12(15(22)23-11-16(17,18)19)13(14(20)21)26(24-27(2,3)4)25-28(5,6)7/h26H,8-11H2,1-7H3,(H,20,21)/b13-12-. The highest BCUT2D eigenvalue weighted by atomic mass is 28.4. The number of ether oxygens (including phenoxy) is 1. The van der Waals surface area contributed by atoms with Crippen molar-refractivity contribution in [2.24, 2.45) is 0 Å². The van der Waals surface area contributed by atoms with E-state index in [0.29, 0.717) is 12.8 Å². The molecule has 0 aromatic carbocycles. The van der Waals surface area contributed by atoms with Crippen molar-refractivity contribution in [1.29, 1.82) is 0 Å². The highest BCUT2D eigenvalue weighted by Crippen LogP contribution is 2.24. The molecule has 0 aliphatic rings. The average Bonchev–Trinajstić information content (AvgIpc) is 2.44. The Morgan fingerprint density at radius 1 is 1.00 bits per heavy atom. The van der Waals surface area contributed by atoms with E-state index in [1.54, 1.807) is 0 Å². The van der Waals surface area contributed by atoms with Crippen LogP contribution in [0.1, 0.15) is 26.2 Å². The number of carboxylic acid groups (broad SMARTS) is 1. The Hall–Kier alpha value is -0.959. The molecule has 0 aromatic heterocycles. The van der Waals surface area contributed by atoms with Crippen LogP contribution in [0.25, 0.3) is 0 Å². The van der Waals surface area contributed by atoms with Crippen LogP contribution < -0.4 is 0 Å². The minimum Gasteiger partial charge on any atom is -0.478 e. The molecule has 0 atom stereocenters. The van der Waals surface area contributed by atoms with E-state index in [0.717, 1.165) is 0 Å². The number of alkyl halides is 3. The van der Waals surface area contributed by atoms with Gasteiger partial charge in [-0.25, -0.2) is 9.59 Å². The molecule has 1 N–H and O–H groups in total. The number of hydrogen-bond donors (Lipinski definition) is 1. The molecule has 0 spiro atoms. The molecule has 0 bridgehead atoms. The van der Waals surface area contributed by atoms with Crippen LogP contribution in [-0.2, 0) is 22.6 Å². The third-order valence-electron chi connectivity index (χ3n) is 3.11. The number of halogens is 3. The van der Waals surface area contributed by atoms with Gasteiger partial charge in [-0.3, -0.25) is 0 Å². The Morgan fingerprint density at radius 2 is 1.46 bits per heavy atom. The lowest BCUT2D eigenvalue weighted by molar-refractivity contribution is -0.183. The van der Waals surface area contributed by atoms with Crippen molar-refractivity contribution in [3.63, 3.8) is 0 Å². The van der Waals surface area contributed by atoms with E-state index in [-0.39, 0.29) is 17.2 Å². The zero-order valence-corrected chi connectivity index (χ0v) is 20.7. The summed E-state index contributed by atoms with van der Waals surface area (Å²) in [5, 5.41) is 9.46. The molecular formula is C16H31F3O6Si3. The van der Waals surface area contributed by atoms with Gasteiger partial charge in [0.05, 0.1) is 5.20 Å². The number of carboxylic acids is 1. The smallest absolute Gasteiger partial charge is 0.422 e. The third kappa shape index (κ3) is 11.8. The Labute approximate surface area is 168 Å². The summed E-state index contributed by atoms with van der Waals surface area (Å²) in [4.78, 5) is 24.4. The predicted octanol–water partition coefficient (Wildman–Crippen LogP) is 4.13. The van der Waals surface area contributed by atoms with Crippen molar-refractivity contribution >= 4 is 37.9 Å². The van der Waals surface area contributed by atoms with Crippen LogP contribution in [-0.4, -0.2) is 55.7 Å². The summed E-state index contributed by atoms with van der Waals surface area (Å²) in [6.45, 7) is 11.2. The second-order valence-corrected chi connectivity index (χ2v) is 19.9. The minimum absolute atomic E-state index is 0.0115. The van der Waals surface area contributed by atoms with E-state index in [2.05, 4.69) is 4.74 Å². The first-order valence-electron chi connectivity index (χ1n) is 9.02. The summed E-state index contributed by atoms with van der Waals surface area (Å²) in [6.07, 6.45) is -3.66. The Balaban J connectivity index is 6.23. The van der Waals surface area contributed by atoms with E-state index in [4.69, 9.17) is 8.23 Å². The van der Waals surface area contributed by atoms with Gasteiger partial charge in [0.15, 0.2) is 23.2 Å². The maximum absolute atomic E-state index is 12.5. The molecule has 0 radical (unpaired) electrons. The van der Waals surface area contributed by atoms with Gasteiger partial charge in [0.1, 0.15) is 0 Å². The zero-order chi connectivity index (χ0) is 22.3. The van der Waals surface area contributed by atoms with Gasteiger partial charge >= 0.3 is 27.4 Å². The monoisotopic (exact) mass is 460 g/mol. The van der Waals surface area contributed by atoms with Gasteiger partial charge in [0.25, 0.3) is 0 Å². The SMILES string of the molecule is CCCC/C(C(=O)OCC(F)(F)F)=C(\C(=O)O)[SiH](O[Si](C)(C)C)O[Si](C)(C)C. The number of unbranched alkanes of at least 4 members (excludes halogenated alkanes) is 1. The lowest BCUT2D eigenvalue weighted by atomic mass is 10.1. The average molecular weight is 461 g/mol. The van der Waals surface area contributed by atoms with Crippen LogP contribution in [0.5, 0.6) is 0 Å². The quantitative estimate of drug-likeness (QED) is 0.284. The van der Waals surface area contributed by atoms with Crippen LogP contribution >= 0.6 is 0 Å². The number of hydrogen-bond acceptors (Lipinski definition) is 5. The first-order chi connectivity index (χ1) is 12.5. The van der Waals surface area contributed by atoms with Gasteiger partial charge in [-0.2, -0.15) is 13.2 Å². The van der Waals surface area contributed by atoms with Crippen LogP contribution in [0, 0.1) is 0 Å². The zero-order valence-electron chi connectivity index (χ0n) is 17.5. The first-order valence-corrected chi connectivity index (χ1v) is 17.4. The van der Waals surface area contributed by atoms with Crippen LogP contribution in [0.3, 0.4) is 0 Å². The van der Waals surface area contributed by atoms with E-state index in [9.17, 15) is 27.9 Å². The molecule has 164 valence electrons. The minimum atomic E-state index is -4.70. The van der Waals surface area contributed by atoms with Gasteiger partial charge in [0, 0.05) is 5.57 Å². The van der Waals surface area contributed by atoms with E-state index in [1.165, 1.54) is 0 Å². The molecule has 0 aromatic rings. The Bertz CT molecular complexity index is 564. The molecule has 0 rings (SSSR count). The van der Waals surface area contributed by atoms with Gasteiger partial charge in [-0.15, -0.1) is 0 Å². The van der Waals surface area contributed by atoms with Gasteiger partial charge < -0.3 is 18.1 Å². The van der Waals surface area contributed by atoms with Crippen molar-refractivity contribution in [3.8, 4) is 0 Å². The summed E-state index contributed by atoms with van der Waals surface area (Å²) in [5.41, 5.74) is -0.285. The largest absolute Gasteiger partial charge is 0.478 e. The highest BCUT2D eigenvalue weighted by Gasteiger charge is 2.39. The van der Waals surface area contributed by atoms with Crippen molar-refractivity contribution in [2.45, 2.75) is 71.6 Å². The summed E-state index contributed by atoms with van der Waals surface area (Å²) >= 11 is 0. The third-order valence-corrected chi connectivity index (χ3v) is 11.5. The normalized spacial score (nSPS) is 14.1. The number of aliphatic carboxylic acids is 1. The summed E-state index contributed by atoms with van der Waals surface area (Å²) in [5.74, 6) is -2.69. The number of rotatable bonds is 11. The van der Waals surface area contributed by atoms with Gasteiger partial charge in [0.2, 0.25) is 0 Å².